The summed E-state index contributed by atoms with van der Waals surface area (Å²) < 4.78 is 28.8. The number of sulfonamides is 1. The molecule has 2 amide bonds. The van der Waals surface area contributed by atoms with Crippen molar-refractivity contribution in [3.05, 3.63) is 94.5 Å². The number of halogens is 2. The molecule has 0 aliphatic heterocycles. The molecular formula is C31H35Cl2N3O4S. The molecule has 1 aliphatic rings. The standard InChI is InChI=1S/C31H35Cl2N3O4S/c1-2-29(31(38)34-26-11-5-3-6-12-26)35(21-23-16-18-24(32)19-17-23)30(37)22-36(27-13-9-10-25(33)20-27)41(39,40)28-14-7-4-8-15-28/h4,7-10,13-20,26,29H,2-3,5-6,11-12,21-22H2,1H3,(H,34,38)/t29-/m0/s1. The largest absolute Gasteiger partial charge is 0.352 e. The minimum Gasteiger partial charge on any atom is -0.352 e. The van der Waals surface area contributed by atoms with E-state index in [4.69, 9.17) is 23.2 Å². The van der Waals surface area contributed by atoms with E-state index in [1.807, 2.05) is 6.92 Å². The maximum absolute atomic E-state index is 14.1. The Hall–Kier alpha value is -3.07. The van der Waals surface area contributed by atoms with Crippen LogP contribution in [0.5, 0.6) is 0 Å². The topological polar surface area (TPSA) is 86.8 Å². The second kappa shape index (κ2) is 14.2. The van der Waals surface area contributed by atoms with Crippen LogP contribution in [0.25, 0.3) is 0 Å². The summed E-state index contributed by atoms with van der Waals surface area (Å²) in [5, 5.41) is 4.03. The average molecular weight is 617 g/mol. The van der Waals surface area contributed by atoms with Crippen LogP contribution in [0.15, 0.2) is 83.8 Å². The van der Waals surface area contributed by atoms with Crippen molar-refractivity contribution >= 4 is 50.7 Å². The molecule has 0 bridgehead atoms. The number of nitrogens with one attached hydrogen (secondary N) is 1. The number of nitrogens with zero attached hydrogens (tertiary/aromatic N) is 2. The molecule has 10 heteroatoms. The van der Waals surface area contributed by atoms with Crippen LogP contribution in [-0.4, -0.2) is 43.8 Å². The zero-order chi connectivity index (χ0) is 29.4. The summed E-state index contributed by atoms with van der Waals surface area (Å²) in [5.74, 6) is -0.744. The Morgan fingerprint density at radius 3 is 2.22 bits per heavy atom. The first-order valence-corrected chi connectivity index (χ1v) is 16.1. The number of anilines is 1. The highest BCUT2D eigenvalue weighted by Gasteiger charge is 2.34. The molecule has 41 heavy (non-hydrogen) atoms. The highest BCUT2D eigenvalue weighted by atomic mass is 35.5. The second-order valence-electron chi connectivity index (χ2n) is 10.2. The first-order valence-electron chi connectivity index (χ1n) is 13.9. The van der Waals surface area contributed by atoms with Gasteiger partial charge in [-0.3, -0.25) is 13.9 Å². The lowest BCUT2D eigenvalue weighted by molar-refractivity contribution is -0.140. The maximum Gasteiger partial charge on any atom is 0.264 e. The average Bonchev–Trinajstić information content (AvgIpc) is 2.97. The molecule has 0 saturated heterocycles. The van der Waals surface area contributed by atoms with E-state index in [0.29, 0.717) is 16.5 Å². The zero-order valence-electron chi connectivity index (χ0n) is 23.0. The predicted molar refractivity (Wildman–Crippen MR) is 164 cm³/mol. The van der Waals surface area contributed by atoms with E-state index in [0.717, 1.165) is 42.0 Å². The van der Waals surface area contributed by atoms with Crippen LogP contribution < -0.4 is 9.62 Å². The third kappa shape index (κ3) is 8.03. The fourth-order valence-electron chi connectivity index (χ4n) is 5.13. The minimum absolute atomic E-state index is 0.0408. The number of amides is 2. The van der Waals surface area contributed by atoms with Crippen molar-refractivity contribution in [3.8, 4) is 0 Å². The Morgan fingerprint density at radius 2 is 1.59 bits per heavy atom. The molecule has 3 aromatic carbocycles. The van der Waals surface area contributed by atoms with E-state index in [1.54, 1.807) is 60.7 Å². The molecule has 0 radical (unpaired) electrons. The van der Waals surface area contributed by atoms with Crippen LogP contribution in [-0.2, 0) is 26.2 Å². The fraction of sp³-hybridized carbons (Fsp3) is 0.355. The molecule has 1 fully saturated rings. The molecule has 7 nitrogen and oxygen atoms in total. The number of carbonyl (C=O) groups excluding carboxylic acids is 2. The molecule has 0 spiro atoms. The van der Waals surface area contributed by atoms with E-state index in [2.05, 4.69) is 5.32 Å². The Bertz CT molecular complexity index is 1430. The van der Waals surface area contributed by atoms with E-state index in [9.17, 15) is 18.0 Å². The smallest absolute Gasteiger partial charge is 0.264 e. The second-order valence-corrected chi connectivity index (χ2v) is 13.0. The predicted octanol–water partition coefficient (Wildman–Crippen LogP) is 6.45. The quantitative estimate of drug-likeness (QED) is 0.269. The number of hydrogen-bond acceptors (Lipinski definition) is 4. The summed E-state index contributed by atoms with van der Waals surface area (Å²) >= 11 is 12.3. The van der Waals surface area contributed by atoms with Gasteiger partial charge in [0, 0.05) is 22.6 Å². The molecule has 0 unspecified atom stereocenters. The van der Waals surface area contributed by atoms with Gasteiger partial charge in [0.05, 0.1) is 10.6 Å². The summed E-state index contributed by atoms with van der Waals surface area (Å²) in [6, 6.07) is 20.6. The molecule has 1 N–H and O–H groups in total. The van der Waals surface area contributed by atoms with Gasteiger partial charge in [-0.25, -0.2) is 8.42 Å². The lowest BCUT2D eigenvalue weighted by atomic mass is 9.95. The zero-order valence-corrected chi connectivity index (χ0v) is 25.3. The monoisotopic (exact) mass is 615 g/mol. The lowest BCUT2D eigenvalue weighted by Crippen LogP contribution is -2.54. The van der Waals surface area contributed by atoms with Crippen LogP contribution >= 0.6 is 23.2 Å². The van der Waals surface area contributed by atoms with Gasteiger partial charge in [-0.15, -0.1) is 0 Å². The number of benzene rings is 3. The van der Waals surface area contributed by atoms with Crippen molar-refractivity contribution in [2.24, 2.45) is 0 Å². The summed E-state index contributed by atoms with van der Waals surface area (Å²) in [6.45, 7) is 1.45. The molecule has 0 heterocycles. The van der Waals surface area contributed by atoms with Crippen molar-refractivity contribution in [2.75, 3.05) is 10.8 Å². The Morgan fingerprint density at radius 1 is 0.902 bits per heavy atom. The van der Waals surface area contributed by atoms with Gasteiger partial charge in [0.25, 0.3) is 10.0 Å². The van der Waals surface area contributed by atoms with Crippen molar-refractivity contribution in [1.29, 1.82) is 0 Å². The van der Waals surface area contributed by atoms with Gasteiger partial charge in [-0.1, -0.05) is 85.8 Å². The van der Waals surface area contributed by atoms with Crippen molar-refractivity contribution in [1.82, 2.24) is 10.2 Å². The maximum atomic E-state index is 14.1. The molecule has 1 atom stereocenters. The Labute approximate surface area is 252 Å². The van der Waals surface area contributed by atoms with Crippen LogP contribution in [0.3, 0.4) is 0 Å². The third-order valence-corrected chi connectivity index (χ3v) is 9.59. The Kier molecular flexibility index (Phi) is 10.7. The van der Waals surface area contributed by atoms with E-state index >= 15 is 0 Å². The highest BCUT2D eigenvalue weighted by Crippen LogP contribution is 2.27. The SMILES string of the molecule is CC[C@@H](C(=O)NC1CCCCC1)N(Cc1ccc(Cl)cc1)C(=O)CN(c1cccc(Cl)c1)S(=O)(=O)c1ccccc1. The van der Waals surface area contributed by atoms with Gasteiger partial charge in [-0.2, -0.15) is 0 Å². The molecule has 1 aliphatic carbocycles. The fourth-order valence-corrected chi connectivity index (χ4v) is 6.87. The van der Waals surface area contributed by atoms with Gasteiger partial charge < -0.3 is 10.2 Å². The van der Waals surface area contributed by atoms with Crippen LogP contribution in [0, 0.1) is 0 Å². The molecule has 1 saturated carbocycles. The van der Waals surface area contributed by atoms with Crippen molar-refractivity contribution in [3.63, 3.8) is 0 Å². The molecular weight excluding hydrogens is 581 g/mol. The summed E-state index contributed by atoms with van der Waals surface area (Å²) in [7, 11) is -4.14. The summed E-state index contributed by atoms with van der Waals surface area (Å²) in [5.41, 5.74) is 1.02. The van der Waals surface area contributed by atoms with E-state index in [-0.39, 0.29) is 29.1 Å². The molecule has 3 aromatic rings. The number of hydrogen-bond donors (Lipinski definition) is 1. The first-order chi connectivity index (χ1) is 19.7. The van der Waals surface area contributed by atoms with Crippen molar-refractivity contribution in [2.45, 2.75) is 69.0 Å². The number of rotatable bonds is 11. The summed E-state index contributed by atoms with van der Waals surface area (Å²) in [4.78, 5) is 29.2. The third-order valence-electron chi connectivity index (χ3n) is 7.31. The molecule has 0 aromatic heterocycles. The minimum atomic E-state index is -4.14. The van der Waals surface area contributed by atoms with Crippen LogP contribution in [0.1, 0.15) is 51.0 Å². The van der Waals surface area contributed by atoms with Crippen LogP contribution in [0.2, 0.25) is 10.0 Å². The van der Waals surface area contributed by atoms with Gasteiger partial charge >= 0.3 is 0 Å². The molecule has 218 valence electrons. The van der Waals surface area contributed by atoms with E-state index in [1.165, 1.54) is 23.1 Å². The number of carbonyl (C=O) groups is 2. The van der Waals surface area contributed by atoms with Crippen LogP contribution in [0.4, 0.5) is 5.69 Å². The first kappa shape index (κ1) is 30.9. The Balaban J connectivity index is 1.69. The van der Waals surface area contributed by atoms with Gasteiger partial charge in [0.15, 0.2) is 0 Å². The molecule has 4 rings (SSSR count). The van der Waals surface area contributed by atoms with E-state index < -0.39 is 28.5 Å². The lowest BCUT2D eigenvalue weighted by Gasteiger charge is -2.34. The van der Waals surface area contributed by atoms with Gasteiger partial charge in [0.2, 0.25) is 11.8 Å². The van der Waals surface area contributed by atoms with Crippen molar-refractivity contribution < 1.29 is 18.0 Å². The van der Waals surface area contributed by atoms with Gasteiger partial charge in [0.1, 0.15) is 12.6 Å². The van der Waals surface area contributed by atoms with Gasteiger partial charge in [-0.05, 0) is 67.3 Å². The normalized spacial score (nSPS) is 14.7. The summed E-state index contributed by atoms with van der Waals surface area (Å²) in [6.07, 6.45) is 5.44. The highest BCUT2D eigenvalue weighted by molar-refractivity contribution is 7.92.